The van der Waals surface area contributed by atoms with Gasteiger partial charge in [-0.05, 0) is 40.0 Å². The maximum absolute atomic E-state index is 9.62. The van der Waals surface area contributed by atoms with Crippen molar-refractivity contribution < 1.29 is 5.11 Å². The second kappa shape index (κ2) is 3.87. The van der Waals surface area contributed by atoms with Crippen molar-refractivity contribution in [3.63, 3.8) is 0 Å². The molecule has 2 rings (SSSR count). The standard InChI is InChI=1S/C11H13BrN2O/c1-2-7-6(5-13)10-8(14-7)3-4-9(15)11(10)12/h3-4,14-15H,2,5,13H2,1H3. The van der Waals surface area contributed by atoms with Crippen LogP contribution < -0.4 is 5.73 Å². The average Bonchev–Trinajstić information content (AvgIpc) is 2.61. The van der Waals surface area contributed by atoms with Crippen LogP contribution in [0.2, 0.25) is 0 Å². The molecule has 0 saturated heterocycles. The van der Waals surface area contributed by atoms with E-state index in [-0.39, 0.29) is 5.75 Å². The van der Waals surface area contributed by atoms with Crippen molar-refractivity contribution in [2.45, 2.75) is 19.9 Å². The summed E-state index contributed by atoms with van der Waals surface area (Å²) in [5.74, 6) is 0.249. The van der Waals surface area contributed by atoms with E-state index in [1.807, 2.05) is 6.07 Å². The smallest absolute Gasteiger partial charge is 0.130 e. The van der Waals surface area contributed by atoms with Crippen LogP contribution >= 0.6 is 15.9 Å². The van der Waals surface area contributed by atoms with E-state index in [0.717, 1.165) is 33.1 Å². The first kappa shape index (κ1) is 10.5. The number of fused-ring (bicyclic) bond motifs is 1. The van der Waals surface area contributed by atoms with Gasteiger partial charge in [0, 0.05) is 23.1 Å². The summed E-state index contributed by atoms with van der Waals surface area (Å²) in [4.78, 5) is 3.31. The summed E-state index contributed by atoms with van der Waals surface area (Å²) in [6.45, 7) is 2.56. The van der Waals surface area contributed by atoms with Gasteiger partial charge in [-0.25, -0.2) is 0 Å². The Bertz CT molecular complexity index is 505. The van der Waals surface area contributed by atoms with Crippen molar-refractivity contribution >= 4 is 26.8 Å². The Morgan fingerprint density at radius 2 is 2.20 bits per heavy atom. The average molecular weight is 269 g/mol. The van der Waals surface area contributed by atoms with Crippen LogP contribution in [0.4, 0.5) is 0 Å². The molecule has 0 bridgehead atoms. The fraction of sp³-hybridized carbons (Fsp3) is 0.273. The molecule has 0 aliphatic rings. The third-order valence-electron chi connectivity index (χ3n) is 2.63. The summed E-state index contributed by atoms with van der Waals surface area (Å²) in [6, 6.07) is 3.54. The first-order valence-electron chi connectivity index (χ1n) is 4.90. The highest BCUT2D eigenvalue weighted by Crippen LogP contribution is 2.35. The molecule has 0 amide bonds. The summed E-state index contributed by atoms with van der Waals surface area (Å²) in [6.07, 6.45) is 0.911. The van der Waals surface area contributed by atoms with Gasteiger partial charge in [0.15, 0.2) is 0 Å². The van der Waals surface area contributed by atoms with Gasteiger partial charge in [0.1, 0.15) is 5.75 Å². The van der Waals surface area contributed by atoms with E-state index in [4.69, 9.17) is 5.73 Å². The van der Waals surface area contributed by atoms with Gasteiger partial charge in [-0.2, -0.15) is 0 Å². The Morgan fingerprint density at radius 1 is 1.47 bits per heavy atom. The molecule has 0 fully saturated rings. The third-order valence-corrected chi connectivity index (χ3v) is 3.43. The van der Waals surface area contributed by atoms with Crippen LogP contribution in [0.5, 0.6) is 5.75 Å². The van der Waals surface area contributed by atoms with Crippen LogP contribution in [0.3, 0.4) is 0 Å². The number of rotatable bonds is 2. The monoisotopic (exact) mass is 268 g/mol. The fourth-order valence-corrected chi connectivity index (χ4v) is 2.47. The lowest BCUT2D eigenvalue weighted by atomic mass is 10.1. The summed E-state index contributed by atoms with van der Waals surface area (Å²) in [7, 11) is 0. The van der Waals surface area contributed by atoms with E-state index < -0.39 is 0 Å². The number of nitrogens with two attached hydrogens (primary N) is 1. The minimum atomic E-state index is 0.249. The number of hydrogen-bond donors (Lipinski definition) is 3. The van der Waals surface area contributed by atoms with E-state index in [2.05, 4.69) is 27.8 Å². The van der Waals surface area contributed by atoms with E-state index >= 15 is 0 Å². The van der Waals surface area contributed by atoms with Gasteiger partial charge in [0.2, 0.25) is 0 Å². The first-order valence-corrected chi connectivity index (χ1v) is 5.69. The number of H-pyrrole nitrogens is 1. The molecule has 0 aliphatic carbocycles. The summed E-state index contributed by atoms with van der Waals surface area (Å²) in [5, 5.41) is 10.6. The zero-order chi connectivity index (χ0) is 11.0. The minimum absolute atomic E-state index is 0.249. The molecule has 4 heteroatoms. The zero-order valence-electron chi connectivity index (χ0n) is 8.47. The molecule has 1 aromatic heterocycles. The van der Waals surface area contributed by atoms with Crippen LogP contribution in [-0.2, 0) is 13.0 Å². The molecule has 3 nitrogen and oxygen atoms in total. The quantitative estimate of drug-likeness (QED) is 0.784. The molecular weight excluding hydrogens is 256 g/mol. The molecule has 4 N–H and O–H groups in total. The molecule has 1 aromatic carbocycles. The van der Waals surface area contributed by atoms with Gasteiger partial charge < -0.3 is 15.8 Å². The maximum Gasteiger partial charge on any atom is 0.130 e. The molecule has 0 unspecified atom stereocenters. The van der Waals surface area contributed by atoms with Gasteiger partial charge in [-0.3, -0.25) is 0 Å². The van der Waals surface area contributed by atoms with E-state index in [9.17, 15) is 5.11 Å². The molecule has 2 aromatic rings. The highest BCUT2D eigenvalue weighted by atomic mass is 79.9. The SMILES string of the molecule is CCc1[nH]c2ccc(O)c(Br)c2c1CN. The number of benzene rings is 1. The zero-order valence-corrected chi connectivity index (χ0v) is 10.1. The minimum Gasteiger partial charge on any atom is -0.507 e. The van der Waals surface area contributed by atoms with Crippen molar-refractivity contribution in [2.75, 3.05) is 0 Å². The molecule has 0 saturated carbocycles. The number of nitrogens with one attached hydrogen (secondary N) is 1. The molecule has 0 aliphatic heterocycles. The van der Waals surface area contributed by atoms with Crippen molar-refractivity contribution in [3.8, 4) is 5.75 Å². The second-order valence-electron chi connectivity index (χ2n) is 3.46. The molecule has 0 radical (unpaired) electrons. The van der Waals surface area contributed by atoms with Crippen LogP contribution in [0, 0.1) is 0 Å². The van der Waals surface area contributed by atoms with E-state index in [1.165, 1.54) is 0 Å². The molecule has 0 atom stereocenters. The maximum atomic E-state index is 9.62. The lowest BCUT2D eigenvalue weighted by Crippen LogP contribution is -1.99. The third kappa shape index (κ3) is 1.54. The number of aromatic amines is 1. The molecule has 0 spiro atoms. The second-order valence-corrected chi connectivity index (χ2v) is 4.25. The molecular formula is C11H13BrN2O. The highest BCUT2D eigenvalue weighted by Gasteiger charge is 2.13. The van der Waals surface area contributed by atoms with Crippen LogP contribution in [-0.4, -0.2) is 10.1 Å². The van der Waals surface area contributed by atoms with Gasteiger partial charge in [0.25, 0.3) is 0 Å². The van der Waals surface area contributed by atoms with Crippen molar-refractivity contribution in [1.29, 1.82) is 0 Å². The number of phenolic OH excluding ortho intramolecular Hbond substituents is 1. The molecule has 15 heavy (non-hydrogen) atoms. The summed E-state index contributed by atoms with van der Waals surface area (Å²) < 4.78 is 0.719. The summed E-state index contributed by atoms with van der Waals surface area (Å²) in [5.41, 5.74) is 8.96. The Kier molecular flexibility index (Phi) is 2.71. The Labute approximate surface area is 96.4 Å². The van der Waals surface area contributed by atoms with Gasteiger partial charge >= 0.3 is 0 Å². The number of aryl methyl sites for hydroxylation is 1. The van der Waals surface area contributed by atoms with Gasteiger partial charge in [0.05, 0.1) is 4.47 Å². The topological polar surface area (TPSA) is 62.0 Å². The number of aromatic hydroxyl groups is 1. The van der Waals surface area contributed by atoms with Crippen molar-refractivity contribution in [2.24, 2.45) is 5.73 Å². The van der Waals surface area contributed by atoms with Gasteiger partial charge in [-0.15, -0.1) is 0 Å². The van der Waals surface area contributed by atoms with Crippen molar-refractivity contribution in [1.82, 2.24) is 4.98 Å². The molecule has 1 heterocycles. The van der Waals surface area contributed by atoms with Gasteiger partial charge in [-0.1, -0.05) is 6.92 Å². The largest absolute Gasteiger partial charge is 0.507 e. The lowest BCUT2D eigenvalue weighted by molar-refractivity contribution is 0.473. The Morgan fingerprint density at radius 3 is 2.80 bits per heavy atom. The highest BCUT2D eigenvalue weighted by molar-refractivity contribution is 9.10. The number of hydrogen-bond acceptors (Lipinski definition) is 2. The summed E-state index contributed by atoms with van der Waals surface area (Å²) >= 11 is 3.39. The van der Waals surface area contributed by atoms with Crippen LogP contribution in [0.1, 0.15) is 18.2 Å². The van der Waals surface area contributed by atoms with E-state index in [0.29, 0.717) is 6.54 Å². The number of halogens is 1. The first-order chi connectivity index (χ1) is 7.19. The Balaban J connectivity index is 2.85. The van der Waals surface area contributed by atoms with Crippen molar-refractivity contribution in [3.05, 3.63) is 27.9 Å². The normalized spacial score (nSPS) is 11.1. The Hall–Kier alpha value is -1.00. The number of phenols is 1. The lowest BCUT2D eigenvalue weighted by Gasteiger charge is -2.01. The predicted octanol–water partition coefficient (Wildman–Crippen LogP) is 2.66. The van der Waals surface area contributed by atoms with E-state index in [1.54, 1.807) is 6.07 Å². The predicted molar refractivity (Wildman–Crippen MR) is 64.9 cm³/mol. The van der Waals surface area contributed by atoms with Crippen LogP contribution in [0.15, 0.2) is 16.6 Å². The van der Waals surface area contributed by atoms with Crippen LogP contribution in [0.25, 0.3) is 10.9 Å². The fourth-order valence-electron chi connectivity index (χ4n) is 1.88. The number of aromatic nitrogens is 1. The molecule has 80 valence electrons.